The van der Waals surface area contributed by atoms with Crippen LogP contribution in [0.15, 0.2) is 234 Å². The number of carboxylic acids is 1. The van der Waals surface area contributed by atoms with Crippen LogP contribution in [-0.2, 0) is 59.1 Å². The van der Waals surface area contributed by atoms with E-state index in [9.17, 15) is 77.6 Å². The summed E-state index contributed by atoms with van der Waals surface area (Å²) in [5.74, 6) is -3.46. The molecule has 1 aromatic heterocycles. The highest BCUT2D eigenvalue weighted by molar-refractivity contribution is 7.95. The number of benzene rings is 10. The van der Waals surface area contributed by atoms with Gasteiger partial charge in [-0.1, -0.05) is 39.9 Å². The summed E-state index contributed by atoms with van der Waals surface area (Å²) in [6.45, 7) is 3.59. The van der Waals surface area contributed by atoms with Crippen molar-refractivity contribution in [1.29, 1.82) is 0 Å². The lowest BCUT2D eigenvalue weighted by Gasteiger charge is -2.15. The van der Waals surface area contributed by atoms with E-state index in [1.807, 2.05) is 13.0 Å². The van der Waals surface area contributed by atoms with Crippen LogP contribution >= 0.6 is 35.7 Å². The first-order chi connectivity index (χ1) is 51.6. The van der Waals surface area contributed by atoms with Crippen LogP contribution in [-0.4, -0.2) is 99.0 Å². The number of rotatable bonds is 26. The zero-order valence-corrected chi connectivity index (χ0v) is 60.3. The molecule has 0 amide bonds. The van der Waals surface area contributed by atoms with Crippen molar-refractivity contribution in [2.45, 2.75) is 43.2 Å². The van der Waals surface area contributed by atoms with Crippen LogP contribution in [0.3, 0.4) is 0 Å². The van der Waals surface area contributed by atoms with E-state index in [0.29, 0.717) is 34.7 Å². The number of nitrogen functional groups attached to an aromatic ring is 2. The molecule has 0 unspecified atom stereocenters. The highest BCUT2D eigenvalue weighted by atomic mass is 35.5. The second-order valence-corrected chi connectivity index (χ2v) is 29.6. The number of aromatic nitrogens is 3. The van der Waals surface area contributed by atoms with Crippen LogP contribution in [0.2, 0.25) is 5.28 Å². The lowest BCUT2D eigenvalue weighted by atomic mass is 10.1. The fourth-order valence-corrected chi connectivity index (χ4v) is 13.7. The Morgan fingerprint density at radius 3 is 1.63 bits per heavy atom. The number of anilines is 7. The first kappa shape index (κ1) is 79.6. The topological polar surface area (TPSA) is 621 Å². The Kier molecular flexibility index (Phi) is 24.4. The van der Waals surface area contributed by atoms with Gasteiger partial charge in [-0.3, -0.25) is 28.5 Å². The standard InChI is InChI=1S/C35H28N10O11S3.C27H20ClN7O12S3/c1-19-2-15-28(27(36)16-19)41-38-21-3-5-24(6-4-21)44-58(50,51)26-13-9-23(10-14-26)40-43-34-30(59(52,53)54)18-20-17-29(57-56-55-49)33(32(37)31(20)35(34)46)42-39-22-7-11-25(12-8-22)45(47)48;1-12-6-7-16(15(8-12)24(37)38)29-26-31-25(28)32-27(33-26)30-18-11-14(49(40,41)42)9-13-10-19(48-47-46-39)22(23(36)21(13)18)35-34-17-4-2-3-5-20(17)50(43,44)45/h2-18,44,46,49H,36-37H2,1H3,(H,52,53,54);2-11,36,39H,1H3,(H,37,38)(H,40,41,42)(H,43,44,45)(H2,29,30,31,32,33). The molecule has 0 saturated carbocycles. The van der Waals surface area contributed by atoms with Crippen LogP contribution in [0.5, 0.6) is 11.5 Å². The van der Waals surface area contributed by atoms with E-state index in [2.05, 4.69) is 90.0 Å². The molecule has 0 bridgehead atoms. The van der Waals surface area contributed by atoms with Gasteiger partial charge in [0.15, 0.2) is 11.5 Å². The number of nitro groups is 1. The van der Waals surface area contributed by atoms with Crippen LogP contribution in [0.1, 0.15) is 21.5 Å². The summed E-state index contributed by atoms with van der Waals surface area (Å²) >= 11 is 6.75. The smallest absolute Gasteiger partial charge is 0.337 e. The molecule has 1 heterocycles. The van der Waals surface area contributed by atoms with E-state index in [1.165, 1.54) is 103 Å². The number of fused-ring (bicyclic) bond motifs is 2. The Morgan fingerprint density at radius 1 is 0.541 bits per heavy atom. The second kappa shape index (κ2) is 33.4. The number of phenols is 2. The highest BCUT2D eigenvalue weighted by Crippen LogP contribution is 2.51. The number of nitrogens with one attached hydrogen (secondary N) is 3. The molecule has 0 saturated heterocycles. The van der Waals surface area contributed by atoms with Gasteiger partial charge >= 0.3 is 5.97 Å². The Hall–Kier alpha value is -12.0. The number of nitrogens with two attached hydrogens (primary N) is 2. The summed E-state index contributed by atoms with van der Waals surface area (Å²) < 4.78 is 141. The minimum Gasteiger partial charge on any atom is -0.505 e. The van der Waals surface area contributed by atoms with E-state index < -0.39 is 94.1 Å². The predicted molar refractivity (Wildman–Crippen MR) is 391 cm³/mol. The molecule has 0 aliphatic heterocycles. The van der Waals surface area contributed by atoms with Crippen molar-refractivity contribution in [2.24, 2.45) is 40.9 Å². The van der Waals surface area contributed by atoms with Crippen LogP contribution < -0.4 is 26.8 Å². The summed E-state index contributed by atoms with van der Waals surface area (Å²) in [6.07, 6.45) is 0. The lowest BCUT2D eigenvalue weighted by molar-refractivity contribution is -0.432. The molecule has 0 fully saturated rings. The molecule has 562 valence electrons. The van der Waals surface area contributed by atoms with Crippen molar-refractivity contribution in [3.8, 4) is 11.5 Å². The first-order valence-electron chi connectivity index (χ1n) is 29.7. The lowest BCUT2D eigenvalue weighted by Crippen LogP contribution is -2.12. The van der Waals surface area contributed by atoms with E-state index in [1.54, 1.807) is 37.3 Å². The number of nitro benzene ring substituents is 1. The molecule has 40 nitrogen and oxygen atoms in total. The number of nitrogens with zero attached hydrogens (tertiary/aromatic N) is 12. The van der Waals surface area contributed by atoms with Gasteiger partial charge in [-0.25, -0.2) is 23.7 Å². The summed E-state index contributed by atoms with van der Waals surface area (Å²) in [4.78, 5) is 31.7. The molecule has 11 rings (SSSR count). The van der Waals surface area contributed by atoms with Gasteiger partial charge < -0.3 is 37.4 Å². The molecule has 0 spiro atoms. The third-order valence-corrected chi connectivity index (χ3v) is 19.9. The summed E-state index contributed by atoms with van der Waals surface area (Å²) in [5, 5.41) is 105. The van der Waals surface area contributed by atoms with Gasteiger partial charge in [0.25, 0.3) is 46.1 Å². The number of aryl methyl sites for hydroxylation is 2. The molecule has 10 aromatic carbocycles. The molecular formula is C62H48ClN17O23S6. The zero-order valence-electron chi connectivity index (χ0n) is 54.6. The van der Waals surface area contributed by atoms with Gasteiger partial charge in [0.05, 0.1) is 99.4 Å². The predicted octanol–water partition coefficient (Wildman–Crippen LogP) is 15.9. The molecule has 0 aliphatic carbocycles. The maximum absolute atomic E-state index is 13.2. The normalized spacial score (nSPS) is 12.1. The number of hydrogen-bond acceptors (Lipinski definition) is 36. The monoisotopic (exact) mass is 1630 g/mol. The number of phenolic OH excluding ortho intramolecular Hbond substituents is 2. The zero-order chi connectivity index (χ0) is 78.9. The summed E-state index contributed by atoms with van der Waals surface area (Å²) in [7, 11) is -18.9. The highest BCUT2D eigenvalue weighted by Gasteiger charge is 2.28. The number of hydrogen-bond donors (Lipinski definition) is 13. The number of non-ortho nitro benzene ring substituents is 1. The van der Waals surface area contributed by atoms with Crippen LogP contribution in [0, 0.1) is 24.0 Å². The molecule has 0 aliphatic rings. The maximum atomic E-state index is 13.2. The SMILES string of the molecule is Cc1ccc(N=Nc2ccc(NS(=O)(=O)c3ccc(N=Nc4c(S(=O)(=O)O)cc5cc(SOOO)c(N=Nc6ccc([N+](=O)[O-])cc6)c(N)c5c4O)cc3)cc2)c(N)c1.Cc1ccc(Nc2nc(Cl)nc(Nc3cc(S(=O)(=O)O)cc4cc(SOOO)c(N=Nc5ccccc5S(=O)(=O)O)c(O)c34)n2)c(C(=O)O)c1. The average molecular weight is 1630 g/mol. The number of aromatic hydroxyl groups is 2. The molecular weight excluding hydrogens is 1580 g/mol. The maximum Gasteiger partial charge on any atom is 0.337 e. The van der Waals surface area contributed by atoms with Crippen molar-refractivity contribution in [2.75, 3.05) is 26.8 Å². The molecule has 47 heteroatoms. The van der Waals surface area contributed by atoms with Crippen molar-refractivity contribution < 1.29 is 102 Å². The minimum absolute atomic E-state index is 0.00659. The van der Waals surface area contributed by atoms with E-state index in [4.69, 9.17) is 33.6 Å². The fraction of sp³-hybridized carbons (Fsp3) is 0.0323. The number of carboxylic acid groups (broad SMARTS) is 1. The summed E-state index contributed by atoms with van der Waals surface area (Å²) in [5.41, 5.74) is 13.2. The number of carbonyl (C=O) groups is 1. The van der Waals surface area contributed by atoms with Crippen molar-refractivity contribution in [3.63, 3.8) is 0 Å². The van der Waals surface area contributed by atoms with Crippen LogP contribution in [0.25, 0.3) is 21.5 Å². The quantitative estimate of drug-likeness (QED) is 0.00455. The third-order valence-electron chi connectivity index (χ3n) is 14.5. The van der Waals surface area contributed by atoms with Gasteiger partial charge in [-0.05, 0) is 169 Å². The van der Waals surface area contributed by atoms with E-state index >= 15 is 0 Å². The van der Waals surface area contributed by atoms with Crippen molar-refractivity contribution >= 4 is 195 Å². The van der Waals surface area contributed by atoms with E-state index in [0.717, 1.165) is 29.8 Å². The van der Waals surface area contributed by atoms with E-state index in [-0.39, 0.29) is 117 Å². The average Bonchev–Trinajstić information content (AvgIpc) is 0.751. The van der Waals surface area contributed by atoms with Crippen LogP contribution in [0.4, 0.5) is 91.5 Å². The molecule has 15 N–H and O–H groups in total. The van der Waals surface area contributed by atoms with Gasteiger partial charge in [0, 0.05) is 23.2 Å². The Morgan fingerprint density at radius 2 is 1.06 bits per heavy atom. The Bertz CT molecular complexity index is 6040. The third kappa shape index (κ3) is 19.6. The molecule has 0 atom stereocenters. The van der Waals surface area contributed by atoms with Gasteiger partial charge in [0.2, 0.25) is 17.2 Å². The minimum atomic E-state index is -5.09. The molecule has 109 heavy (non-hydrogen) atoms. The van der Waals surface area contributed by atoms with Crippen molar-refractivity contribution in [1.82, 2.24) is 15.0 Å². The van der Waals surface area contributed by atoms with Crippen molar-refractivity contribution in [3.05, 3.63) is 196 Å². The second-order valence-electron chi connectivity index (χ2n) is 21.9. The number of halogens is 1. The van der Waals surface area contributed by atoms with Gasteiger partial charge in [-0.15, -0.1) is 34.2 Å². The largest absolute Gasteiger partial charge is 0.505 e. The van der Waals surface area contributed by atoms with Gasteiger partial charge in [-0.2, -0.15) is 55.5 Å². The first-order valence-corrected chi connectivity index (χ1v) is 37.3. The fourth-order valence-electron chi connectivity index (χ4n) is 9.69. The molecule has 0 radical (unpaired) electrons. The Balaban J connectivity index is 0.000000235. The number of sulfonamides is 1. The number of aromatic carboxylic acids is 1. The summed E-state index contributed by atoms with van der Waals surface area (Å²) in [6, 6.07) is 35.9. The number of azo groups is 4. The van der Waals surface area contributed by atoms with Gasteiger partial charge in [0.1, 0.15) is 38.2 Å². The molecule has 11 aromatic rings. The Labute approximate surface area is 626 Å².